The molecule has 0 saturated heterocycles. The number of aryl methyl sites for hydroxylation is 2. The first-order chi connectivity index (χ1) is 14.2. The fraction of sp³-hybridized carbons (Fsp3) is 0.238. The quantitative estimate of drug-likeness (QED) is 0.543. The second-order valence-corrected chi connectivity index (χ2v) is 6.61. The summed E-state index contributed by atoms with van der Waals surface area (Å²) in [6.07, 6.45) is 0. The topological polar surface area (TPSA) is 126 Å². The molecule has 0 bridgehead atoms. The molecular formula is C21H24N4O5. The van der Waals surface area contributed by atoms with Crippen molar-refractivity contribution in [3.63, 3.8) is 0 Å². The highest BCUT2D eigenvalue weighted by molar-refractivity contribution is 6.02. The number of para-hydroxylation sites is 1. The Labute approximate surface area is 174 Å². The highest BCUT2D eigenvalue weighted by Crippen LogP contribution is 2.15. The lowest BCUT2D eigenvalue weighted by molar-refractivity contribution is -0.149. The van der Waals surface area contributed by atoms with Crippen LogP contribution in [0.1, 0.15) is 18.1 Å². The van der Waals surface area contributed by atoms with Crippen molar-refractivity contribution < 1.29 is 23.9 Å². The van der Waals surface area contributed by atoms with E-state index < -0.39 is 36.6 Å². The molecule has 0 spiro atoms. The summed E-state index contributed by atoms with van der Waals surface area (Å²) >= 11 is 0. The summed E-state index contributed by atoms with van der Waals surface area (Å²) in [4.78, 5) is 47.5. The smallest absolute Gasteiger partial charge is 0.328 e. The number of ether oxygens (including phenoxy) is 1. The van der Waals surface area contributed by atoms with Gasteiger partial charge in [-0.15, -0.1) is 0 Å². The largest absolute Gasteiger partial charge is 0.454 e. The first-order valence-corrected chi connectivity index (χ1v) is 9.22. The number of benzene rings is 2. The van der Waals surface area contributed by atoms with Crippen molar-refractivity contribution in [1.29, 1.82) is 0 Å². The molecule has 0 aromatic heterocycles. The van der Waals surface area contributed by atoms with E-state index in [1.54, 1.807) is 36.4 Å². The molecule has 9 nitrogen and oxygen atoms in total. The van der Waals surface area contributed by atoms with E-state index in [0.717, 1.165) is 11.1 Å². The van der Waals surface area contributed by atoms with Gasteiger partial charge >= 0.3 is 18.0 Å². The Hall–Kier alpha value is -3.88. The van der Waals surface area contributed by atoms with E-state index in [1.807, 2.05) is 26.0 Å². The SMILES string of the molecule is Cc1ccc(NC(=O)NC(=O)COC(=O)[C@H](C)NC(=O)Nc2ccccc2)c(C)c1. The number of esters is 1. The summed E-state index contributed by atoms with van der Waals surface area (Å²) in [5.41, 5.74) is 3.01. The fourth-order valence-electron chi connectivity index (χ4n) is 2.48. The first-order valence-electron chi connectivity index (χ1n) is 9.22. The molecule has 9 heteroatoms. The Balaban J connectivity index is 1.73. The van der Waals surface area contributed by atoms with Crippen LogP contribution in [0.25, 0.3) is 0 Å². The number of urea groups is 2. The molecule has 0 aliphatic rings. The molecule has 0 radical (unpaired) electrons. The molecule has 158 valence electrons. The molecular weight excluding hydrogens is 388 g/mol. The summed E-state index contributed by atoms with van der Waals surface area (Å²) in [7, 11) is 0. The van der Waals surface area contributed by atoms with E-state index >= 15 is 0 Å². The Morgan fingerprint density at radius 1 is 0.933 bits per heavy atom. The van der Waals surface area contributed by atoms with Gasteiger partial charge in [-0.3, -0.25) is 10.1 Å². The molecule has 0 aliphatic carbocycles. The minimum absolute atomic E-state index is 0.560. The van der Waals surface area contributed by atoms with Crippen molar-refractivity contribution in [3.05, 3.63) is 59.7 Å². The Bertz CT molecular complexity index is 930. The van der Waals surface area contributed by atoms with E-state index in [1.165, 1.54) is 6.92 Å². The molecule has 2 aromatic rings. The number of imide groups is 1. The molecule has 0 saturated carbocycles. The molecule has 4 N–H and O–H groups in total. The fourth-order valence-corrected chi connectivity index (χ4v) is 2.48. The van der Waals surface area contributed by atoms with Gasteiger partial charge in [-0.05, 0) is 44.5 Å². The van der Waals surface area contributed by atoms with Gasteiger partial charge in [0.05, 0.1) is 0 Å². The first kappa shape index (κ1) is 22.4. The van der Waals surface area contributed by atoms with E-state index in [4.69, 9.17) is 4.74 Å². The predicted molar refractivity (Wildman–Crippen MR) is 112 cm³/mol. The summed E-state index contributed by atoms with van der Waals surface area (Å²) in [5, 5.41) is 9.58. The highest BCUT2D eigenvalue weighted by Gasteiger charge is 2.19. The molecule has 0 heterocycles. The van der Waals surface area contributed by atoms with Crippen LogP contribution >= 0.6 is 0 Å². The van der Waals surface area contributed by atoms with Gasteiger partial charge in [0, 0.05) is 11.4 Å². The predicted octanol–water partition coefficient (Wildman–Crippen LogP) is 2.70. The second-order valence-electron chi connectivity index (χ2n) is 6.61. The summed E-state index contributed by atoms with van der Waals surface area (Å²) in [5.74, 6) is -1.62. The number of carbonyl (C=O) groups excluding carboxylic acids is 4. The standard InChI is InChI=1S/C21H24N4O5/c1-13-9-10-17(14(2)11-13)24-21(29)25-18(26)12-30-19(27)15(3)22-20(28)23-16-7-5-4-6-8-16/h4-11,15H,12H2,1-3H3,(H2,22,23,28)(H2,24,25,26,29)/t15-/m0/s1. The van der Waals surface area contributed by atoms with Crippen LogP contribution in [0, 0.1) is 13.8 Å². The normalized spacial score (nSPS) is 11.0. The second kappa shape index (κ2) is 10.6. The summed E-state index contributed by atoms with van der Waals surface area (Å²) < 4.78 is 4.83. The van der Waals surface area contributed by atoms with E-state index in [0.29, 0.717) is 11.4 Å². The van der Waals surface area contributed by atoms with Crippen molar-refractivity contribution in [2.75, 3.05) is 17.2 Å². The highest BCUT2D eigenvalue weighted by atomic mass is 16.5. The average molecular weight is 412 g/mol. The molecule has 1 atom stereocenters. The Kier molecular flexibility index (Phi) is 7.92. The van der Waals surface area contributed by atoms with Gasteiger partial charge in [-0.25, -0.2) is 14.4 Å². The number of carbonyl (C=O) groups is 4. The Morgan fingerprint density at radius 2 is 1.63 bits per heavy atom. The molecule has 5 amide bonds. The van der Waals surface area contributed by atoms with Gasteiger partial charge in [0.1, 0.15) is 6.04 Å². The average Bonchev–Trinajstić information content (AvgIpc) is 2.68. The zero-order valence-corrected chi connectivity index (χ0v) is 16.9. The van der Waals surface area contributed by atoms with Crippen LogP contribution in [0.2, 0.25) is 0 Å². The molecule has 0 fully saturated rings. The van der Waals surface area contributed by atoms with E-state index in [2.05, 4.69) is 21.3 Å². The lowest BCUT2D eigenvalue weighted by Gasteiger charge is -2.14. The molecule has 2 aromatic carbocycles. The minimum Gasteiger partial charge on any atom is -0.454 e. The van der Waals surface area contributed by atoms with Crippen LogP contribution in [0.3, 0.4) is 0 Å². The van der Waals surface area contributed by atoms with Crippen molar-refractivity contribution in [2.24, 2.45) is 0 Å². The van der Waals surface area contributed by atoms with Crippen molar-refractivity contribution in [2.45, 2.75) is 26.8 Å². The monoisotopic (exact) mass is 412 g/mol. The van der Waals surface area contributed by atoms with Crippen LogP contribution in [0.15, 0.2) is 48.5 Å². The van der Waals surface area contributed by atoms with Gasteiger partial charge in [0.25, 0.3) is 5.91 Å². The van der Waals surface area contributed by atoms with Crippen molar-refractivity contribution >= 4 is 35.3 Å². The third-order valence-electron chi connectivity index (χ3n) is 3.96. The zero-order chi connectivity index (χ0) is 22.1. The molecule has 0 aliphatic heterocycles. The number of rotatable bonds is 6. The number of nitrogens with one attached hydrogen (secondary N) is 4. The molecule has 30 heavy (non-hydrogen) atoms. The van der Waals surface area contributed by atoms with Crippen molar-refractivity contribution in [3.8, 4) is 0 Å². The van der Waals surface area contributed by atoms with Gasteiger partial charge in [-0.2, -0.15) is 0 Å². The van der Waals surface area contributed by atoms with Gasteiger partial charge in [0.15, 0.2) is 6.61 Å². The van der Waals surface area contributed by atoms with Gasteiger partial charge in [-0.1, -0.05) is 35.9 Å². The lowest BCUT2D eigenvalue weighted by atomic mass is 10.1. The third kappa shape index (κ3) is 7.27. The maximum atomic E-state index is 11.9. The number of amides is 5. The summed E-state index contributed by atoms with van der Waals surface area (Å²) in [6, 6.07) is 11.8. The number of hydrogen-bond acceptors (Lipinski definition) is 5. The molecule has 2 rings (SSSR count). The van der Waals surface area contributed by atoms with Crippen LogP contribution in [-0.2, 0) is 14.3 Å². The van der Waals surface area contributed by atoms with Gasteiger partial charge in [0.2, 0.25) is 0 Å². The van der Waals surface area contributed by atoms with Crippen LogP contribution < -0.4 is 21.3 Å². The van der Waals surface area contributed by atoms with Gasteiger partial charge < -0.3 is 20.7 Å². The lowest BCUT2D eigenvalue weighted by Crippen LogP contribution is -2.43. The maximum Gasteiger partial charge on any atom is 0.328 e. The minimum atomic E-state index is -0.995. The van der Waals surface area contributed by atoms with Crippen LogP contribution in [0.4, 0.5) is 21.0 Å². The number of hydrogen-bond donors (Lipinski definition) is 4. The van der Waals surface area contributed by atoms with Crippen LogP contribution in [-0.4, -0.2) is 36.6 Å². The maximum absolute atomic E-state index is 11.9. The van der Waals surface area contributed by atoms with E-state index in [9.17, 15) is 19.2 Å². The molecule has 0 unspecified atom stereocenters. The third-order valence-corrected chi connectivity index (χ3v) is 3.96. The number of anilines is 2. The van der Waals surface area contributed by atoms with Crippen LogP contribution in [0.5, 0.6) is 0 Å². The summed E-state index contributed by atoms with van der Waals surface area (Å²) in [6.45, 7) is 4.51. The Morgan fingerprint density at radius 3 is 2.30 bits per heavy atom. The van der Waals surface area contributed by atoms with E-state index in [-0.39, 0.29) is 0 Å². The van der Waals surface area contributed by atoms with Crippen molar-refractivity contribution in [1.82, 2.24) is 10.6 Å². The zero-order valence-electron chi connectivity index (χ0n) is 16.9.